The van der Waals surface area contributed by atoms with Gasteiger partial charge in [-0.2, -0.15) is 5.10 Å². The van der Waals surface area contributed by atoms with Crippen LogP contribution in [0.4, 0.5) is 11.5 Å². The highest BCUT2D eigenvalue weighted by Crippen LogP contribution is 2.30. The van der Waals surface area contributed by atoms with Crippen LogP contribution in [-0.2, 0) is 9.59 Å². The number of anilines is 2. The van der Waals surface area contributed by atoms with E-state index in [-0.39, 0.29) is 18.2 Å². The van der Waals surface area contributed by atoms with Crippen LogP contribution >= 0.6 is 11.6 Å². The molecule has 2 aromatic carbocycles. The SMILES string of the molecule is O=C1CC(C(=O)Nc2ccccc2)n2nc(-c3ccc(Cl)cc3)cc2N1. The highest BCUT2D eigenvalue weighted by Gasteiger charge is 2.32. The topological polar surface area (TPSA) is 76.0 Å². The predicted molar refractivity (Wildman–Crippen MR) is 100 cm³/mol. The lowest BCUT2D eigenvalue weighted by Gasteiger charge is -2.23. The van der Waals surface area contributed by atoms with Crippen molar-refractivity contribution in [2.75, 3.05) is 10.6 Å². The van der Waals surface area contributed by atoms with Crippen LogP contribution in [0.15, 0.2) is 60.7 Å². The van der Waals surface area contributed by atoms with Crippen LogP contribution in [0, 0.1) is 0 Å². The molecule has 0 saturated carbocycles. The van der Waals surface area contributed by atoms with Gasteiger partial charge in [0.25, 0.3) is 0 Å². The first-order chi connectivity index (χ1) is 12.6. The van der Waals surface area contributed by atoms with Gasteiger partial charge in [0.2, 0.25) is 11.8 Å². The van der Waals surface area contributed by atoms with Crippen molar-refractivity contribution in [3.8, 4) is 11.3 Å². The first-order valence-corrected chi connectivity index (χ1v) is 8.49. The highest BCUT2D eigenvalue weighted by molar-refractivity contribution is 6.30. The summed E-state index contributed by atoms with van der Waals surface area (Å²) in [5.41, 5.74) is 2.19. The largest absolute Gasteiger partial charge is 0.324 e. The van der Waals surface area contributed by atoms with Crippen LogP contribution in [0.5, 0.6) is 0 Å². The molecule has 7 heteroatoms. The number of fused-ring (bicyclic) bond motifs is 1. The van der Waals surface area contributed by atoms with E-state index >= 15 is 0 Å². The van der Waals surface area contributed by atoms with Crippen LogP contribution < -0.4 is 10.6 Å². The number of hydrogen-bond acceptors (Lipinski definition) is 3. The van der Waals surface area contributed by atoms with E-state index in [0.29, 0.717) is 22.2 Å². The lowest BCUT2D eigenvalue weighted by molar-refractivity contribution is -0.125. The molecule has 2 N–H and O–H groups in total. The first kappa shape index (κ1) is 16.4. The quantitative estimate of drug-likeness (QED) is 0.741. The summed E-state index contributed by atoms with van der Waals surface area (Å²) in [5.74, 6) is 0.00531. The second-order valence-electron chi connectivity index (χ2n) is 5.99. The molecular weight excluding hydrogens is 352 g/mol. The Morgan fingerprint density at radius 3 is 2.62 bits per heavy atom. The molecule has 0 radical (unpaired) electrons. The molecule has 0 aliphatic carbocycles. The van der Waals surface area contributed by atoms with Gasteiger partial charge >= 0.3 is 0 Å². The predicted octanol–water partition coefficient (Wildman–Crippen LogP) is 3.73. The zero-order chi connectivity index (χ0) is 18.1. The van der Waals surface area contributed by atoms with Gasteiger partial charge in [-0.05, 0) is 24.3 Å². The summed E-state index contributed by atoms with van der Waals surface area (Å²) >= 11 is 5.93. The van der Waals surface area contributed by atoms with Crippen LogP contribution in [-0.4, -0.2) is 21.6 Å². The lowest BCUT2D eigenvalue weighted by Crippen LogP contribution is -2.35. The van der Waals surface area contributed by atoms with E-state index in [2.05, 4.69) is 15.7 Å². The van der Waals surface area contributed by atoms with Crippen molar-refractivity contribution in [1.82, 2.24) is 9.78 Å². The smallest absolute Gasteiger partial charge is 0.249 e. The van der Waals surface area contributed by atoms with Gasteiger partial charge in [-0.1, -0.05) is 41.9 Å². The molecule has 1 unspecified atom stereocenters. The number of carbonyl (C=O) groups is 2. The molecule has 4 rings (SSSR count). The fraction of sp³-hybridized carbons (Fsp3) is 0.105. The zero-order valence-electron chi connectivity index (χ0n) is 13.6. The van der Waals surface area contributed by atoms with Gasteiger partial charge in [0.15, 0.2) is 0 Å². The number of benzene rings is 2. The monoisotopic (exact) mass is 366 g/mol. The Balaban J connectivity index is 1.65. The number of hydrogen-bond donors (Lipinski definition) is 2. The molecule has 3 aromatic rings. The zero-order valence-corrected chi connectivity index (χ0v) is 14.4. The minimum Gasteiger partial charge on any atom is -0.324 e. The molecule has 6 nitrogen and oxygen atoms in total. The molecule has 1 atom stereocenters. The number of nitrogens with one attached hydrogen (secondary N) is 2. The van der Waals surface area contributed by atoms with Crippen LogP contribution in [0.1, 0.15) is 12.5 Å². The maximum Gasteiger partial charge on any atom is 0.249 e. The standard InChI is InChI=1S/C19H15ClN4O2/c20-13-8-6-12(7-9-13)15-10-17-22-18(25)11-16(24(17)23-15)19(26)21-14-4-2-1-3-5-14/h1-10,16H,11H2,(H,21,26)(H,22,25). The third kappa shape index (κ3) is 3.19. The van der Waals surface area contributed by atoms with E-state index in [1.165, 1.54) is 0 Å². The van der Waals surface area contributed by atoms with Crippen LogP contribution in [0.3, 0.4) is 0 Å². The van der Waals surface area contributed by atoms with Crippen molar-refractivity contribution in [2.45, 2.75) is 12.5 Å². The number of para-hydroxylation sites is 1. The second kappa shape index (κ2) is 6.65. The van der Waals surface area contributed by atoms with E-state index < -0.39 is 6.04 Å². The van der Waals surface area contributed by atoms with Crippen molar-refractivity contribution in [3.05, 3.63) is 65.7 Å². The Hall–Kier alpha value is -3.12. The molecule has 0 bridgehead atoms. The summed E-state index contributed by atoms with van der Waals surface area (Å²) in [6.07, 6.45) is 0.0351. The van der Waals surface area contributed by atoms with Gasteiger partial charge in [-0.15, -0.1) is 0 Å². The van der Waals surface area contributed by atoms with E-state index in [1.54, 1.807) is 35.0 Å². The molecule has 2 heterocycles. The number of amides is 2. The maximum absolute atomic E-state index is 12.7. The van der Waals surface area contributed by atoms with E-state index in [0.717, 1.165) is 5.56 Å². The minimum atomic E-state index is -0.708. The molecule has 26 heavy (non-hydrogen) atoms. The molecule has 0 spiro atoms. The summed E-state index contributed by atoms with van der Waals surface area (Å²) in [6, 6.07) is 17.4. The van der Waals surface area contributed by atoms with Gasteiger partial charge < -0.3 is 10.6 Å². The van der Waals surface area contributed by atoms with Gasteiger partial charge in [-0.25, -0.2) is 4.68 Å². The van der Waals surface area contributed by atoms with Gasteiger partial charge in [0, 0.05) is 22.3 Å². The second-order valence-corrected chi connectivity index (χ2v) is 6.43. The molecule has 2 amide bonds. The number of carbonyl (C=O) groups excluding carboxylic acids is 2. The van der Waals surface area contributed by atoms with E-state index in [1.807, 2.05) is 30.3 Å². The van der Waals surface area contributed by atoms with Crippen molar-refractivity contribution < 1.29 is 9.59 Å². The fourth-order valence-corrected chi connectivity index (χ4v) is 3.02. The maximum atomic E-state index is 12.7. The minimum absolute atomic E-state index is 0.0351. The highest BCUT2D eigenvalue weighted by atomic mass is 35.5. The third-order valence-corrected chi connectivity index (χ3v) is 4.41. The molecule has 1 aliphatic rings. The summed E-state index contributed by atoms with van der Waals surface area (Å²) < 4.78 is 1.56. The van der Waals surface area contributed by atoms with Crippen molar-refractivity contribution >= 4 is 34.9 Å². The summed E-state index contributed by atoms with van der Waals surface area (Å²) in [7, 11) is 0. The Bertz CT molecular complexity index is 967. The van der Waals surface area contributed by atoms with Crippen molar-refractivity contribution in [1.29, 1.82) is 0 Å². The van der Waals surface area contributed by atoms with Crippen LogP contribution in [0.25, 0.3) is 11.3 Å². The van der Waals surface area contributed by atoms with Gasteiger partial charge in [0.05, 0.1) is 12.1 Å². The summed E-state index contributed by atoms with van der Waals surface area (Å²) in [5, 5.41) is 10.8. The molecule has 0 saturated heterocycles. The van der Waals surface area contributed by atoms with E-state index in [4.69, 9.17) is 11.6 Å². The van der Waals surface area contributed by atoms with E-state index in [9.17, 15) is 9.59 Å². The Kier molecular flexibility index (Phi) is 4.18. The Labute approximate surface area is 154 Å². The van der Waals surface area contributed by atoms with Gasteiger partial charge in [0.1, 0.15) is 11.9 Å². The fourth-order valence-electron chi connectivity index (χ4n) is 2.89. The van der Waals surface area contributed by atoms with Crippen molar-refractivity contribution in [2.24, 2.45) is 0 Å². The number of halogens is 1. The van der Waals surface area contributed by atoms with Crippen LogP contribution in [0.2, 0.25) is 5.02 Å². The third-order valence-electron chi connectivity index (χ3n) is 4.16. The normalized spacial score (nSPS) is 15.9. The molecular formula is C19H15ClN4O2. The molecule has 0 fully saturated rings. The molecule has 1 aromatic heterocycles. The lowest BCUT2D eigenvalue weighted by atomic mass is 10.1. The van der Waals surface area contributed by atoms with Crippen molar-refractivity contribution in [3.63, 3.8) is 0 Å². The summed E-state index contributed by atoms with van der Waals surface area (Å²) in [6.45, 7) is 0. The molecule has 130 valence electrons. The summed E-state index contributed by atoms with van der Waals surface area (Å²) in [4.78, 5) is 24.7. The average Bonchev–Trinajstić information content (AvgIpc) is 3.06. The first-order valence-electron chi connectivity index (χ1n) is 8.11. The average molecular weight is 367 g/mol. The Morgan fingerprint density at radius 1 is 1.15 bits per heavy atom. The Morgan fingerprint density at radius 2 is 1.88 bits per heavy atom. The number of rotatable bonds is 3. The molecule has 1 aliphatic heterocycles. The number of aromatic nitrogens is 2. The number of nitrogens with zero attached hydrogens (tertiary/aromatic N) is 2. The van der Waals surface area contributed by atoms with Gasteiger partial charge in [-0.3, -0.25) is 9.59 Å².